The fourth-order valence-corrected chi connectivity index (χ4v) is 11.2. The maximum Gasteiger partial charge on any atom is 0.311 e. The van der Waals surface area contributed by atoms with Gasteiger partial charge in [0.25, 0.3) is 29.6 Å². The molecule has 3 aliphatic heterocycles. The number of nitrogens with zero attached hydrogens (tertiary/aromatic N) is 7. The number of nitrogens with one attached hydrogen (secondary N) is 3. The van der Waals surface area contributed by atoms with E-state index in [1.54, 1.807) is 66.7 Å². The minimum absolute atomic E-state index is 0.0525. The lowest BCUT2D eigenvalue weighted by molar-refractivity contribution is -0.140. The number of ether oxygens (including phenoxy) is 2. The molecule has 5 aliphatic rings. The van der Waals surface area contributed by atoms with E-state index in [1.807, 2.05) is 0 Å². The van der Waals surface area contributed by atoms with Gasteiger partial charge >= 0.3 is 5.97 Å². The number of carboxylic acid groups (broad SMARTS) is 1. The summed E-state index contributed by atoms with van der Waals surface area (Å²) in [5.74, 6) is -13.0. The second kappa shape index (κ2) is 28.4. The molecular weight excluding hydrogens is 1230 g/mol. The number of phenols is 1. The number of benzene rings is 4. The molecule has 2 fully saturated rings. The average molecular weight is 1290 g/mol. The number of carboxylic acids is 1. The van der Waals surface area contributed by atoms with Crippen molar-refractivity contribution in [2.45, 2.75) is 55.5 Å². The number of carbonyl (C=O) groups excluding carboxylic acids is 6. The summed E-state index contributed by atoms with van der Waals surface area (Å²) in [6.45, 7) is -2.97. The Morgan fingerprint density at radius 3 is 1.70 bits per heavy atom. The topological polar surface area (TPSA) is 328 Å². The van der Waals surface area contributed by atoms with Crippen LogP contribution in [0.3, 0.4) is 0 Å². The second-order valence-electron chi connectivity index (χ2n) is 22.4. The van der Waals surface area contributed by atoms with E-state index in [-0.39, 0.29) is 65.5 Å². The van der Waals surface area contributed by atoms with Gasteiger partial charge in [-0.2, -0.15) is 10.5 Å². The lowest BCUT2D eigenvalue weighted by Gasteiger charge is -2.27. The molecule has 5 N–H and O–H groups in total. The number of nitriles is 2. The fraction of sp³-hybridized carbons (Fsp3) is 0.284. The van der Waals surface area contributed by atoms with Crippen LogP contribution < -0.4 is 30.9 Å². The number of fused-ring (bicyclic) bond motifs is 2. The van der Waals surface area contributed by atoms with E-state index in [0.29, 0.717) is 63.4 Å². The number of aromatic nitrogens is 2. The zero-order valence-electron chi connectivity index (χ0n) is 49.8. The van der Waals surface area contributed by atoms with Gasteiger partial charge in [0.05, 0.1) is 75.4 Å². The molecule has 2 unspecified atom stereocenters. The molecule has 5 aromatic rings. The number of alkyl halides is 4. The van der Waals surface area contributed by atoms with Gasteiger partial charge in [0, 0.05) is 95.2 Å². The van der Waals surface area contributed by atoms with Crippen LogP contribution in [-0.4, -0.2) is 159 Å². The number of likely N-dealkylation sites (tertiary alicyclic amines) is 2. The van der Waals surface area contributed by atoms with Crippen molar-refractivity contribution in [1.82, 2.24) is 40.6 Å². The normalized spacial score (nSPS) is 17.7. The highest BCUT2D eigenvalue weighted by atomic mass is 19.3. The Labute approximate surface area is 532 Å². The summed E-state index contributed by atoms with van der Waals surface area (Å²) in [4.78, 5) is 116. The Hall–Kier alpha value is -11.5. The Morgan fingerprint density at radius 2 is 1.19 bits per heavy atom. The minimum atomic E-state index is -3.21. The number of allylic oxidation sites excluding steroid dienone is 1. The summed E-state index contributed by atoms with van der Waals surface area (Å²) in [7, 11) is 0. The maximum absolute atomic E-state index is 14.1. The van der Waals surface area contributed by atoms with Gasteiger partial charge in [-0.1, -0.05) is 18.2 Å². The first-order chi connectivity index (χ1) is 45.0. The molecule has 27 heteroatoms. The standard InChI is InChI=1S/C67H58F4N10O13/c68-66(69)30-44(32-72)80(37-66)59(85)35-77-63(88)42-17-19-74-54(26-42)39-3-10-48(11-4-39)92-23-1-21-79(22-2-24-93-49-12-5-40(6-13-49)55-27-43(18-20-75-55)64(89)78-36-60(86)81-38-67(70,71)31-45(81)33-73)58(84)34-76-62(87)41-7-14-50(65(90)91)53(25-41)61-51-15-8-46(82)28-56(51)94-57-29-47(83)9-16-52(57)61/h3-20,25-29,44-45,50,53,82H,1-2,21-24,30-31,34-38H2,(H,76,87)(H,77,88)(H,78,89)(H,90,91)/t44-,45-,50?,53?/m0/s1. The second-order valence-corrected chi connectivity index (χ2v) is 22.4. The van der Waals surface area contributed by atoms with Crippen LogP contribution in [0.2, 0.25) is 0 Å². The van der Waals surface area contributed by atoms with Crippen molar-refractivity contribution in [3.8, 4) is 63.2 Å². The summed E-state index contributed by atoms with van der Waals surface area (Å²) in [5, 5.41) is 47.2. The van der Waals surface area contributed by atoms with Crippen molar-refractivity contribution in [2.75, 3.05) is 59.0 Å². The quantitative estimate of drug-likeness (QED) is 0.0248. The van der Waals surface area contributed by atoms with Crippen molar-refractivity contribution in [3.63, 3.8) is 0 Å². The molecule has 4 atom stereocenters. The van der Waals surface area contributed by atoms with E-state index < -0.39 is 123 Å². The number of aliphatic carboxylic acids is 1. The van der Waals surface area contributed by atoms with E-state index in [2.05, 4.69) is 25.9 Å². The monoisotopic (exact) mass is 1290 g/mol. The first-order valence-electron chi connectivity index (χ1n) is 29.5. The van der Waals surface area contributed by atoms with Gasteiger partial charge in [0.2, 0.25) is 17.7 Å². The van der Waals surface area contributed by atoms with E-state index in [9.17, 15) is 76.7 Å². The molecule has 2 aliphatic carbocycles. The molecule has 0 spiro atoms. The minimum Gasteiger partial charge on any atom is -0.508 e. The molecular formula is C67H58F4N10O13. The van der Waals surface area contributed by atoms with Crippen LogP contribution in [0, 0.1) is 28.6 Å². The molecule has 0 bridgehead atoms. The predicted molar refractivity (Wildman–Crippen MR) is 327 cm³/mol. The number of amides is 6. The van der Waals surface area contributed by atoms with Crippen molar-refractivity contribution >= 4 is 52.4 Å². The highest BCUT2D eigenvalue weighted by Crippen LogP contribution is 2.44. The SMILES string of the molecule is N#C[C@@H]1CC(F)(F)CN1C(=O)CNC(=O)c1ccnc(-c2ccc(OCCCN(CCCOc3ccc(-c4cc(C(=O)NCC(=O)N5CC(F)(F)C[C@H]5C#N)ccn4)cc3)C(=O)CNC(=O)C3=CC(c4c5ccc(=O)cc-5oc5cc(O)ccc45)C(C(=O)O)C=C3)cc2)c1. The molecule has 94 heavy (non-hydrogen) atoms. The summed E-state index contributed by atoms with van der Waals surface area (Å²) in [6.07, 6.45) is 6.03. The van der Waals surface area contributed by atoms with Crippen molar-refractivity contribution in [2.24, 2.45) is 5.92 Å². The molecule has 23 nitrogen and oxygen atoms in total. The first kappa shape index (κ1) is 65.5. The Kier molecular flexibility index (Phi) is 19.8. The molecule has 0 saturated carbocycles. The smallest absolute Gasteiger partial charge is 0.311 e. The van der Waals surface area contributed by atoms with Crippen LogP contribution in [-0.2, 0) is 24.0 Å². The summed E-state index contributed by atoms with van der Waals surface area (Å²) >= 11 is 0. The highest BCUT2D eigenvalue weighted by molar-refractivity contribution is 6.01. The number of phenolic OH excluding ortho intramolecular Hbond substituents is 1. The molecule has 2 aromatic heterocycles. The molecule has 6 amide bonds. The molecule has 482 valence electrons. The van der Waals surface area contributed by atoms with Crippen LogP contribution in [0.4, 0.5) is 17.6 Å². The van der Waals surface area contributed by atoms with Crippen LogP contribution in [0.5, 0.6) is 17.2 Å². The first-order valence-corrected chi connectivity index (χ1v) is 29.5. The van der Waals surface area contributed by atoms with Gasteiger partial charge in [0.15, 0.2) is 5.43 Å². The largest absolute Gasteiger partial charge is 0.508 e. The zero-order valence-corrected chi connectivity index (χ0v) is 49.8. The number of hydrogen-bond acceptors (Lipinski definition) is 16. The predicted octanol–water partition coefficient (Wildman–Crippen LogP) is 6.87. The van der Waals surface area contributed by atoms with Gasteiger partial charge < -0.3 is 54.8 Å². The van der Waals surface area contributed by atoms with Crippen molar-refractivity contribution in [1.29, 1.82) is 10.5 Å². The third-order valence-corrected chi connectivity index (χ3v) is 15.9. The average Bonchev–Trinajstić information content (AvgIpc) is 0.981. The molecule has 10 rings (SSSR count). The highest BCUT2D eigenvalue weighted by Gasteiger charge is 2.48. The van der Waals surface area contributed by atoms with E-state index in [0.717, 1.165) is 9.80 Å². The third-order valence-electron chi connectivity index (χ3n) is 15.9. The fourth-order valence-electron chi connectivity index (χ4n) is 11.2. The number of hydrogen-bond donors (Lipinski definition) is 5. The van der Waals surface area contributed by atoms with E-state index >= 15 is 0 Å². The Bertz CT molecular complexity index is 4100. The number of carbonyl (C=O) groups is 7. The summed E-state index contributed by atoms with van der Waals surface area (Å²) in [6, 6.07) is 28.4. The number of halogens is 4. The van der Waals surface area contributed by atoms with Gasteiger partial charge in [-0.15, -0.1) is 0 Å². The summed E-state index contributed by atoms with van der Waals surface area (Å²) < 4.78 is 73.7. The van der Waals surface area contributed by atoms with Gasteiger partial charge in [-0.05, 0) is 115 Å². The van der Waals surface area contributed by atoms with Crippen LogP contribution in [0.1, 0.15) is 57.9 Å². The van der Waals surface area contributed by atoms with Gasteiger partial charge in [-0.3, -0.25) is 48.3 Å². The van der Waals surface area contributed by atoms with Crippen LogP contribution in [0.25, 0.3) is 44.8 Å². The van der Waals surface area contributed by atoms with Gasteiger partial charge in [0.1, 0.15) is 40.7 Å². The molecule has 5 heterocycles. The lowest BCUT2D eigenvalue weighted by atomic mass is 9.77. The number of aromatic hydroxyl groups is 1. The molecule has 0 radical (unpaired) electrons. The maximum atomic E-state index is 14.1. The van der Waals surface area contributed by atoms with E-state index in [4.69, 9.17) is 13.9 Å². The lowest BCUT2D eigenvalue weighted by Crippen LogP contribution is -2.42. The zero-order chi connectivity index (χ0) is 66.8. The Balaban J connectivity index is 0.770. The van der Waals surface area contributed by atoms with Crippen molar-refractivity contribution in [3.05, 3.63) is 172 Å². The number of pyridine rings is 2. The molecule has 2 saturated heterocycles. The van der Waals surface area contributed by atoms with Crippen molar-refractivity contribution < 1.29 is 75.2 Å². The number of rotatable bonds is 23. The van der Waals surface area contributed by atoms with E-state index in [1.165, 1.54) is 90.1 Å². The van der Waals surface area contributed by atoms with Gasteiger partial charge in [-0.25, -0.2) is 17.6 Å². The Morgan fingerprint density at radius 1 is 0.670 bits per heavy atom. The third kappa shape index (κ3) is 15.6. The molecule has 3 aromatic carbocycles. The van der Waals surface area contributed by atoms with Crippen LogP contribution in [0.15, 0.2) is 155 Å². The summed E-state index contributed by atoms with van der Waals surface area (Å²) in [5.41, 5.74) is 2.91. The van der Waals surface area contributed by atoms with Crippen LogP contribution >= 0.6 is 0 Å².